The quantitative estimate of drug-likeness (QED) is 0.442. The van der Waals surface area contributed by atoms with Crippen LogP contribution in [0.2, 0.25) is 10.0 Å². The fourth-order valence-electron chi connectivity index (χ4n) is 2.33. The van der Waals surface area contributed by atoms with Gasteiger partial charge in [-0.3, -0.25) is 10.1 Å². The first-order valence-electron chi connectivity index (χ1n) is 7.49. The van der Waals surface area contributed by atoms with Gasteiger partial charge in [0.05, 0.1) is 4.92 Å². The second kappa shape index (κ2) is 7.55. The third-order valence-corrected chi connectivity index (χ3v) is 4.00. The van der Waals surface area contributed by atoms with Gasteiger partial charge in [-0.25, -0.2) is 9.97 Å². The van der Waals surface area contributed by atoms with E-state index in [-0.39, 0.29) is 17.3 Å². The first kappa shape index (κ1) is 17.9. The molecule has 0 saturated heterocycles. The molecule has 2 N–H and O–H groups in total. The molecule has 7 nitrogen and oxygen atoms in total. The van der Waals surface area contributed by atoms with Crippen LogP contribution < -0.4 is 10.6 Å². The molecule has 0 spiro atoms. The maximum absolute atomic E-state index is 11.6. The molecular weight excluding hydrogens is 377 g/mol. The van der Waals surface area contributed by atoms with Gasteiger partial charge in [0.25, 0.3) is 0 Å². The number of rotatable bonds is 5. The predicted octanol–water partition coefficient (Wildman–Crippen LogP) is 5.49. The van der Waals surface area contributed by atoms with Gasteiger partial charge in [-0.2, -0.15) is 0 Å². The minimum Gasteiger partial charge on any atom is -0.334 e. The Kier molecular flexibility index (Phi) is 5.20. The molecule has 0 amide bonds. The summed E-state index contributed by atoms with van der Waals surface area (Å²) in [4.78, 5) is 19.1. The maximum atomic E-state index is 11.6. The predicted molar refractivity (Wildman–Crippen MR) is 103 cm³/mol. The lowest BCUT2D eigenvalue weighted by atomic mass is 10.2. The molecule has 0 atom stereocenters. The van der Waals surface area contributed by atoms with Crippen molar-refractivity contribution in [2.75, 3.05) is 10.6 Å². The van der Waals surface area contributed by atoms with E-state index < -0.39 is 4.92 Å². The topological polar surface area (TPSA) is 93.0 Å². The minimum atomic E-state index is -0.541. The Morgan fingerprint density at radius 1 is 1.00 bits per heavy atom. The van der Waals surface area contributed by atoms with E-state index in [1.807, 2.05) is 6.92 Å². The molecule has 0 aliphatic carbocycles. The number of nitrogens with zero attached hydrogens (tertiary/aromatic N) is 3. The number of hydrogen-bond donors (Lipinski definition) is 2. The minimum absolute atomic E-state index is 0.0568. The smallest absolute Gasteiger partial charge is 0.334 e. The summed E-state index contributed by atoms with van der Waals surface area (Å²) in [6.45, 7) is 1.84. The first-order chi connectivity index (χ1) is 12.4. The van der Waals surface area contributed by atoms with Crippen LogP contribution >= 0.6 is 23.2 Å². The molecule has 2 aromatic carbocycles. The van der Waals surface area contributed by atoms with Gasteiger partial charge in [-0.05, 0) is 48.9 Å². The average molecular weight is 390 g/mol. The highest BCUT2D eigenvalue weighted by Gasteiger charge is 2.23. The average Bonchev–Trinajstić information content (AvgIpc) is 2.57. The van der Waals surface area contributed by atoms with Crippen molar-refractivity contribution in [2.24, 2.45) is 0 Å². The highest BCUT2D eigenvalue weighted by molar-refractivity contribution is 6.31. The second-order valence-electron chi connectivity index (χ2n) is 5.40. The molecule has 132 valence electrons. The van der Waals surface area contributed by atoms with Crippen LogP contribution in [0.15, 0.2) is 48.8 Å². The van der Waals surface area contributed by atoms with Gasteiger partial charge in [0, 0.05) is 21.4 Å². The normalized spacial score (nSPS) is 10.4. The van der Waals surface area contributed by atoms with Crippen LogP contribution in [0, 0.1) is 17.0 Å². The van der Waals surface area contributed by atoms with Crippen molar-refractivity contribution in [2.45, 2.75) is 6.92 Å². The summed E-state index contributed by atoms with van der Waals surface area (Å²) >= 11 is 11.9. The number of anilines is 4. The standard InChI is InChI=1S/C17H13Cl2N5O2/c1-10-7-12(19)5-6-14(10)23-17-15(24(25)26)16(20-9-21-17)22-13-4-2-3-11(18)8-13/h2-9H,1H3,(H2,20,21,22,23). The van der Waals surface area contributed by atoms with E-state index in [0.717, 1.165) is 5.56 Å². The maximum Gasteiger partial charge on any atom is 0.353 e. The van der Waals surface area contributed by atoms with Crippen LogP contribution in [0.25, 0.3) is 0 Å². The molecular formula is C17H13Cl2N5O2. The number of hydrogen-bond acceptors (Lipinski definition) is 6. The van der Waals surface area contributed by atoms with Gasteiger partial charge in [0.1, 0.15) is 6.33 Å². The zero-order valence-corrected chi connectivity index (χ0v) is 15.0. The van der Waals surface area contributed by atoms with Crippen LogP contribution in [0.3, 0.4) is 0 Å². The molecule has 0 unspecified atom stereocenters. The van der Waals surface area contributed by atoms with Crippen LogP contribution in [0.1, 0.15) is 5.56 Å². The first-order valence-corrected chi connectivity index (χ1v) is 8.25. The van der Waals surface area contributed by atoms with Gasteiger partial charge < -0.3 is 10.6 Å². The summed E-state index contributed by atoms with van der Waals surface area (Å²) in [7, 11) is 0. The lowest BCUT2D eigenvalue weighted by molar-refractivity contribution is -0.383. The van der Waals surface area contributed by atoms with Crippen molar-refractivity contribution in [1.29, 1.82) is 0 Å². The molecule has 9 heteroatoms. The zero-order chi connectivity index (χ0) is 18.7. The molecule has 1 heterocycles. The Labute approximate surface area is 159 Å². The number of aryl methyl sites for hydroxylation is 1. The highest BCUT2D eigenvalue weighted by atomic mass is 35.5. The van der Waals surface area contributed by atoms with Crippen molar-refractivity contribution < 1.29 is 4.92 Å². The van der Waals surface area contributed by atoms with E-state index in [4.69, 9.17) is 23.2 Å². The third-order valence-electron chi connectivity index (χ3n) is 3.53. The van der Waals surface area contributed by atoms with Gasteiger partial charge in [-0.1, -0.05) is 29.3 Å². The molecule has 0 fully saturated rings. The van der Waals surface area contributed by atoms with Gasteiger partial charge in [-0.15, -0.1) is 0 Å². The second-order valence-corrected chi connectivity index (χ2v) is 6.27. The van der Waals surface area contributed by atoms with E-state index in [9.17, 15) is 10.1 Å². The van der Waals surface area contributed by atoms with E-state index in [0.29, 0.717) is 21.4 Å². The van der Waals surface area contributed by atoms with Gasteiger partial charge in [0.15, 0.2) is 0 Å². The summed E-state index contributed by atoms with van der Waals surface area (Å²) in [6, 6.07) is 12.0. The summed E-state index contributed by atoms with van der Waals surface area (Å²) in [5, 5.41) is 18.6. The highest BCUT2D eigenvalue weighted by Crippen LogP contribution is 2.34. The lowest BCUT2D eigenvalue weighted by Gasteiger charge is -2.12. The van der Waals surface area contributed by atoms with Gasteiger partial charge >= 0.3 is 5.69 Å². The van der Waals surface area contributed by atoms with Crippen molar-refractivity contribution >= 4 is 51.9 Å². The fraction of sp³-hybridized carbons (Fsp3) is 0.0588. The van der Waals surface area contributed by atoms with E-state index >= 15 is 0 Å². The number of nitro groups is 1. The Balaban J connectivity index is 1.99. The van der Waals surface area contributed by atoms with E-state index in [1.165, 1.54) is 6.33 Å². The van der Waals surface area contributed by atoms with E-state index in [1.54, 1.807) is 42.5 Å². The van der Waals surface area contributed by atoms with Crippen LogP contribution in [0.4, 0.5) is 28.7 Å². The number of halogens is 2. The van der Waals surface area contributed by atoms with Gasteiger partial charge in [0.2, 0.25) is 11.6 Å². The lowest BCUT2D eigenvalue weighted by Crippen LogP contribution is -2.06. The molecule has 0 bridgehead atoms. The number of nitrogens with one attached hydrogen (secondary N) is 2. The van der Waals surface area contributed by atoms with Crippen molar-refractivity contribution in [3.8, 4) is 0 Å². The van der Waals surface area contributed by atoms with Crippen LogP contribution in [-0.2, 0) is 0 Å². The summed E-state index contributed by atoms with van der Waals surface area (Å²) in [5.74, 6) is 0.126. The third kappa shape index (κ3) is 4.01. The van der Waals surface area contributed by atoms with E-state index in [2.05, 4.69) is 20.6 Å². The molecule has 26 heavy (non-hydrogen) atoms. The van der Waals surface area contributed by atoms with Crippen molar-refractivity contribution in [3.63, 3.8) is 0 Å². The molecule has 0 radical (unpaired) electrons. The number of aromatic nitrogens is 2. The largest absolute Gasteiger partial charge is 0.353 e. The summed E-state index contributed by atoms with van der Waals surface area (Å²) in [5.41, 5.74) is 1.79. The molecule has 3 rings (SSSR count). The van der Waals surface area contributed by atoms with Crippen molar-refractivity contribution in [1.82, 2.24) is 9.97 Å². The zero-order valence-electron chi connectivity index (χ0n) is 13.5. The Bertz CT molecular complexity index is 981. The van der Waals surface area contributed by atoms with Crippen LogP contribution in [0.5, 0.6) is 0 Å². The fourth-order valence-corrected chi connectivity index (χ4v) is 2.75. The molecule has 0 saturated carbocycles. The van der Waals surface area contributed by atoms with Crippen molar-refractivity contribution in [3.05, 3.63) is 74.5 Å². The summed E-state index contributed by atoms with van der Waals surface area (Å²) in [6.07, 6.45) is 1.24. The molecule has 0 aliphatic heterocycles. The summed E-state index contributed by atoms with van der Waals surface area (Å²) < 4.78 is 0. The Morgan fingerprint density at radius 2 is 1.69 bits per heavy atom. The molecule has 1 aromatic heterocycles. The molecule has 3 aromatic rings. The molecule has 0 aliphatic rings. The Hall–Kier alpha value is -2.90. The Morgan fingerprint density at radius 3 is 2.35 bits per heavy atom. The number of benzene rings is 2. The van der Waals surface area contributed by atoms with Crippen LogP contribution in [-0.4, -0.2) is 14.9 Å². The monoisotopic (exact) mass is 389 g/mol. The SMILES string of the molecule is Cc1cc(Cl)ccc1Nc1ncnc(Nc2cccc(Cl)c2)c1[N+](=O)[O-].